The minimum Gasteiger partial charge on any atom is -0.409 e. The van der Waals surface area contributed by atoms with Crippen molar-refractivity contribution >= 4 is 28.8 Å². The zero-order chi connectivity index (χ0) is 15.4. The molecule has 0 unspecified atom stereocenters. The average molecular weight is 308 g/mol. The molecule has 2 aromatic carbocycles. The number of hydrogen-bond donors (Lipinski definition) is 2. The molecule has 110 valence electrons. The summed E-state index contributed by atoms with van der Waals surface area (Å²) in [5, 5.41) is 12.0. The number of nitrogens with zero attached hydrogens (tertiary/aromatic N) is 2. The molecular weight excluding hydrogens is 293 g/mol. The first-order chi connectivity index (χ1) is 10.1. The van der Waals surface area contributed by atoms with Gasteiger partial charge in [0.2, 0.25) is 0 Å². The van der Waals surface area contributed by atoms with Crippen molar-refractivity contribution in [2.24, 2.45) is 10.9 Å². The highest BCUT2D eigenvalue weighted by Crippen LogP contribution is 2.29. The molecule has 4 nitrogen and oxygen atoms in total. The van der Waals surface area contributed by atoms with Gasteiger partial charge in [-0.25, -0.2) is 4.39 Å². The number of amidine groups is 1. The Bertz CT molecular complexity index is 658. The minimum atomic E-state index is -0.282. The highest BCUT2D eigenvalue weighted by Gasteiger charge is 2.11. The predicted octanol–water partition coefficient (Wildman–Crippen LogP) is 3.73. The Balaban J connectivity index is 2.39. The van der Waals surface area contributed by atoms with Crippen LogP contribution in [-0.2, 0) is 0 Å². The lowest BCUT2D eigenvalue weighted by Gasteiger charge is -2.24. The fourth-order valence-corrected chi connectivity index (χ4v) is 2.34. The zero-order valence-electron chi connectivity index (χ0n) is 11.4. The van der Waals surface area contributed by atoms with Crippen LogP contribution in [0.25, 0.3) is 0 Å². The molecule has 0 amide bonds. The molecule has 0 saturated carbocycles. The van der Waals surface area contributed by atoms with Gasteiger partial charge >= 0.3 is 0 Å². The molecule has 0 aliphatic carbocycles. The third-order valence-corrected chi connectivity index (χ3v) is 3.42. The van der Waals surface area contributed by atoms with Gasteiger partial charge in [-0.1, -0.05) is 16.8 Å². The van der Waals surface area contributed by atoms with Crippen LogP contribution in [0.1, 0.15) is 12.5 Å². The SMILES string of the molecule is CCN(c1ccc(F)cc1)c1ccc(C(N)=NO)c(Cl)c1. The quantitative estimate of drug-likeness (QED) is 0.391. The lowest BCUT2D eigenvalue weighted by molar-refractivity contribution is 0.318. The maximum absolute atomic E-state index is 13.0. The van der Waals surface area contributed by atoms with E-state index in [0.29, 0.717) is 17.1 Å². The van der Waals surface area contributed by atoms with Gasteiger partial charge in [-0.2, -0.15) is 0 Å². The van der Waals surface area contributed by atoms with Crippen molar-refractivity contribution in [2.75, 3.05) is 11.4 Å². The van der Waals surface area contributed by atoms with Gasteiger partial charge in [0.05, 0.1) is 5.02 Å². The van der Waals surface area contributed by atoms with E-state index in [9.17, 15) is 4.39 Å². The van der Waals surface area contributed by atoms with Crippen LogP contribution in [0.15, 0.2) is 47.6 Å². The Kier molecular flexibility index (Phi) is 4.65. The number of nitrogens with two attached hydrogens (primary N) is 1. The molecular formula is C15H15ClFN3O. The lowest BCUT2D eigenvalue weighted by atomic mass is 10.1. The van der Waals surface area contributed by atoms with Gasteiger partial charge in [-0.05, 0) is 49.4 Å². The molecule has 0 saturated heterocycles. The van der Waals surface area contributed by atoms with Gasteiger partial charge in [0, 0.05) is 23.5 Å². The van der Waals surface area contributed by atoms with E-state index in [-0.39, 0.29) is 11.7 Å². The Morgan fingerprint density at radius 3 is 2.38 bits per heavy atom. The third kappa shape index (κ3) is 3.25. The molecule has 2 aromatic rings. The Morgan fingerprint density at radius 1 is 1.24 bits per heavy atom. The van der Waals surface area contributed by atoms with Crippen LogP contribution < -0.4 is 10.6 Å². The highest BCUT2D eigenvalue weighted by atomic mass is 35.5. The fourth-order valence-electron chi connectivity index (χ4n) is 2.07. The second-order valence-electron chi connectivity index (χ2n) is 4.37. The van der Waals surface area contributed by atoms with E-state index in [0.717, 1.165) is 11.4 Å². The largest absolute Gasteiger partial charge is 0.409 e. The van der Waals surface area contributed by atoms with E-state index >= 15 is 0 Å². The van der Waals surface area contributed by atoms with Gasteiger partial charge in [0.1, 0.15) is 5.82 Å². The van der Waals surface area contributed by atoms with Crippen LogP contribution in [0.3, 0.4) is 0 Å². The second kappa shape index (κ2) is 6.45. The van der Waals surface area contributed by atoms with Gasteiger partial charge in [-0.15, -0.1) is 0 Å². The molecule has 0 fully saturated rings. The zero-order valence-corrected chi connectivity index (χ0v) is 12.2. The molecule has 0 atom stereocenters. The Labute approximate surface area is 127 Å². The number of rotatable bonds is 4. The summed E-state index contributed by atoms with van der Waals surface area (Å²) in [6, 6.07) is 11.4. The van der Waals surface area contributed by atoms with Crippen molar-refractivity contribution in [1.82, 2.24) is 0 Å². The average Bonchev–Trinajstić information content (AvgIpc) is 2.49. The van der Waals surface area contributed by atoms with Crippen LogP contribution in [0.4, 0.5) is 15.8 Å². The minimum absolute atomic E-state index is 0.0450. The first-order valence-corrected chi connectivity index (χ1v) is 6.75. The lowest BCUT2D eigenvalue weighted by Crippen LogP contribution is -2.17. The number of oxime groups is 1. The third-order valence-electron chi connectivity index (χ3n) is 3.10. The summed E-state index contributed by atoms with van der Waals surface area (Å²) in [5.74, 6) is -0.327. The van der Waals surface area contributed by atoms with E-state index in [1.54, 1.807) is 24.3 Å². The Hall–Kier alpha value is -2.27. The summed E-state index contributed by atoms with van der Waals surface area (Å²) < 4.78 is 13.0. The van der Waals surface area contributed by atoms with Crippen molar-refractivity contribution in [3.8, 4) is 0 Å². The van der Waals surface area contributed by atoms with Crippen LogP contribution in [0, 0.1) is 5.82 Å². The van der Waals surface area contributed by atoms with E-state index in [4.69, 9.17) is 22.5 Å². The van der Waals surface area contributed by atoms with Crippen molar-refractivity contribution in [3.05, 3.63) is 58.9 Å². The summed E-state index contributed by atoms with van der Waals surface area (Å²) in [6.07, 6.45) is 0. The summed E-state index contributed by atoms with van der Waals surface area (Å²) in [5.41, 5.74) is 7.69. The molecule has 6 heteroatoms. The summed E-state index contributed by atoms with van der Waals surface area (Å²) >= 11 is 6.16. The smallest absolute Gasteiger partial charge is 0.171 e. The predicted molar refractivity (Wildman–Crippen MR) is 83.0 cm³/mol. The van der Waals surface area contributed by atoms with Crippen LogP contribution >= 0.6 is 11.6 Å². The number of benzene rings is 2. The van der Waals surface area contributed by atoms with Crippen molar-refractivity contribution in [2.45, 2.75) is 6.92 Å². The number of halogens is 2. The van der Waals surface area contributed by atoms with Gasteiger partial charge in [0.15, 0.2) is 5.84 Å². The van der Waals surface area contributed by atoms with Gasteiger partial charge in [-0.3, -0.25) is 0 Å². The number of anilines is 2. The first-order valence-electron chi connectivity index (χ1n) is 6.37. The van der Waals surface area contributed by atoms with Crippen LogP contribution in [0.5, 0.6) is 0 Å². The second-order valence-corrected chi connectivity index (χ2v) is 4.78. The van der Waals surface area contributed by atoms with Crippen molar-refractivity contribution in [1.29, 1.82) is 0 Å². The van der Waals surface area contributed by atoms with Crippen LogP contribution in [-0.4, -0.2) is 17.6 Å². The number of hydrogen-bond acceptors (Lipinski definition) is 3. The summed E-state index contributed by atoms with van der Waals surface area (Å²) in [6.45, 7) is 2.67. The molecule has 3 N–H and O–H groups in total. The molecule has 0 heterocycles. The van der Waals surface area contributed by atoms with E-state index in [1.807, 2.05) is 17.9 Å². The Morgan fingerprint density at radius 2 is 1.86 bits per heavy atom. The summed E-state index contributed by atoms with van der Waals surface area (Å²) in [4.78, 5) is 1.97. The molecule has 0 radical (unpaired) electrons. The molecule has 2 rings (SSSR count). The molecule has 0 aliphatic heterocycles. The van der Waals surface area contributed by atoms with E-state index in [2.05, 4.69) is 5.16 Å². The topological polar surface area (TPSA) is 61.8 Å². The monoisotopic (exact) mass is 307 g/mol. The molecule has 0 aromatic heterocycles. The van der Waals surface area contributed by atoms with E-state index in [1.165, 1.54) is 12.1 Å². The van der Waals surface area contributed by atoms with Crippen molar-refractivity contribution in [3.63, 3.8) is 0 Å². The molecule has 0 aliphatic rings. The molecule has 0 bridgehead atoms. The maximum atomic E-state index is 13.0. The standard InChI is InChI=1S/C15H15ClFN3O/c1-2-20(11-5-3-10(17)4-6-11)12-7-8-13(14(16)9-12)15(18)19-21/h3-9,21H,2H2,1H3,(H2,18,19). The normalized spacial score (nSPS) is 11.5. The van der Waals surface area contributed by atoms with Gasteiger partial charge < -0.3 is 15.8 Å². The molecule has 0 spiro atoms. The first kappa shape index (κ1) is 15.1. The van der Waals surface area contributed by atoms with Crippen molar-refractivity contribution < 1.29 is 9.60 Å². The highest BCUT2D eigenvalue weighted by molar-refractivity contribution is 6.34. The van der Waals surface area contributed by atoms with E-state index < -0.39 is 0 Å². The fraction of sp³-hybridized carbons (Fsp3) is 0.133. The molecule has 21 heavy (non-hydrogen) atoms. The van der Waals surface area contributed by atoms with Crippen LogP contribution in [0.2, 0.25) is 5.02 Å². The summed E-state index contributed by atoms with van der Waals surface area (Å²) in [7, 11) is 0. The maximum Gasteiger partial charge on any atom is 0.171 e. The van der Waals surface area contributed by atoms with Gasteiger partial charge in [0.25, 0.3) is 0 Å².